The molecule has 2 aromatic rings. The molecule has 1 aromatic heterocycles. The zero-order valence-electron chi connectivity index (χ0n) is 12.3. The molecule has 0 saturated carbocycles. The van der Waals surface area contributed by atoms with Crippen molar-refractivity contribution in [2.24, 2.45) is 5.73 Å². The smallest absolute Gasteiger partial charge is 0.0705 e. The number of fused-ring (bicyclic) bond motifs is 1. The summed E-state index contributed by atoms with van der Waals surface area (Å²) in [5.41, 5.74) is 9.85. The lowest BCUT2D eigenvalue weighted by Gasteiger charge is -2.39. The molecule has 0 spiro atoms. The lowest BCUT2D eigenvalue weighted by molar-refractivity contribution is 0.136. The van der Waals surface area contributed by atoms with Gasteiger partial charge in [-0.2, -0.15) is 0 Å². The van der Waals surface area contributed by atoms with Gasteiger partial charge < -0.3 is 5.73 Å². The molecule has 0 amide bonds. The third kappa shape index (κ3) is 2.43. The molecule has 1 saturated heterocycles. The van der Waals surface area contributed by atoms with Crippen LogP contribution in [0.5, 0.6) is 0 Å². The van der Waals surface area contributed by atoms with Crippen molar-refractivity contribution in [3.63, 3.8) is 0 Å². The van der Waals surface area contributed by atoms with Crippen LogP contribution < -0.4 is 5.73 Å². The molecule has 2 unspecified atom stereocenters. The molecule has 2 N–H and O–H groups in total. The highest BCUT2D eigenvalue weighted by Gasteiger charge is 2.29. The van der Waals surface area contributed by atoms with Crippen LogP contribution in [-0.4, -0.2) is 29.0 Å². The quantitative estimate of drug-likeness (QED) is 0.911. The highest BCUT2D eigenvalue weighted by Crippen LogP contribution is 2.31. The van der Waals surface area contributed by atoms with Gasteiger partial charge in [0.2, 0.25) is 0 Å². The minimum atomic E-state index is 0.236. The van der Waals surface area contributed by atoms with Gasteiger partial charge in [-0.3, -0.25) is 9.88 Å². The van der Waals surface area contributed by atoms with E-state index in [4.69, 9.17) is 5.73 Å². The number of nitrogens with two attached hydrogens (primary N) is 1. The lowest BCUT2D eigenvalue weighted by Crippen LogP contribution is -2.45. The first-order valence-electron chi connectivity index (χ1n) is 7.56. The lowest BCUT2D eigenvalue weighted by atomic mass is 9.90. The molecule has 3 nitrogen and oxygen atoms in total. The number of pyridine rings is 1. The Morgan fingerprint density at radius 1 is 1.30 bits per heavy atom. The highest BCUT2D eigenvalue weighted by molar-refractivity contribution is 5.79. The van der Waals surface area contributed by atoms with E-state index in [1.165, 1.54) is 17.4 Å². The molecule has 2 atom stereocenters. The monoisotopic (exact) mass is 269 g/mol. The largest absolute Gasteiger partial charge is 0.326 e. The molecule has 1 aliphatic heterocycles. The summed E-state index contributed by atoms with van der Waals surface area (Å²) in [7, 11) is 0. The van der Waals surface area contributed by atoms with Gasteiger partial charge in [0.25, 0.3) is 0 Å². The fraction of sp³-hybridized carbons (Fsp3) is 0.471. The zero-order valence-corrected chi connectivity index (χ0v) is 12.3. The van der Waals surface area contributed by atoms with Crippen LogP contribution in [0, 0.1) is 6.92 Å². The first-order valence-corrected chi connectivity index (χ1v) is 7.56. The second-order valence-corrected chi connectivity index (χ2v) is 5.78. The summed E-state index contributed by atoms with van der Waals surface area (Å²) in [5, 5.41) is 1.21. The predicted octanol–water partition coefficient (Wildman–Crippen LogP) is 3.03. The Balaban J connectivity index is 2.01. The van der Waals surface area contributed by atoms with Gasteiger partial charge in [0.1, 0.15) is 0 Å². The van der Waals surface area contributed by atoms with Crippen LogP contribution in [0.25, 0.3) is 10.9 Å². The molecular formula is C17H23N3. The highest BCUT2D eigenvalue weighted by atomic mass is 15.2. The minimum Gasteiger partial charge on any atom is -0.326 e. The number of aromatic nitrogens is 1. The Hall–Kier alpha value is -1.45. The molecule has 0 radical (unpaired) electrons. The van der Waals surface area contributed by atoms with E-state index in [0.29, 0.717) is 6.04 Å². The van der Waals surface area contributed by atoms with Crippen molar-refractivity contribution >= 4 is 10.9 Å². The molecule has 1 fully saturated rings. The number of nitrogens with zero attached hydrogens (tertiary/aromatic N) is 2. The van der Waals surface area contributed by atoms with E-state index in [0.717, 1.165) is 30.7 Å². The third-order valence-corrected chi connectivity index (χ3v) is 4.38. The Bertz CT molecular complexity index is 608. The second-order valence-electron chi connectivity index (χ2n) is 5.78. The van der Waals surface area contributed by atoms with Gasteiger partial charge in [-0.25, -0.2) is 0 Å². The molecule has 1 aromatic carbocycles. The van der Waals surface area contributed by atoms with Gasteiger partial charge >= 0.3 is 0 Å². The number of aryl methyl sites for hydroxylation is 1. The molecule has 2 heterocycles. The van der Waals surface area contributed by atoms with Crippen molar-refractivity contribution in [2.45, 2.75) is 38.8 Å². The van der Waals surface area contributed by atoms with Crippen LogP contribution in [0.2, 0.25) is 0 Å². The van der Waals surface area contributed by atoms with Gasteiger partial charge in [-0.1, -0.05) is 19.1 Å². The maximum atomic E-state index is 6.39. The van der Waals surface area contributed by atoms with E-state index >= 15 is 0 Å². The fourth-order valence-corrected chi connectivity index (χ4v) is 3.34. The van der Waals surface area contributed by atoms with Crippen LogP contribution in [0.4, 0.5) is 0 Å². The number of rotatable bonds is 2. The van der Waals surface area contributed by atoms with Crippen molar-refractivity contribution in [3.8, 4) is 0 Å². The second kappa shape index (κ2) is 5.51. The van der Waals surface area contributed by atoms with Crippen LogP contribution in [0.15, 0.2) is 30.3 Å². The summed E-state index contributed by atoms with van der Waals surface area (Å²) in [6.45, 7) is 6.46. The van der Waals surface area contributed by atoms with E-state index < -0.39 is 0 Å². The topological polar surface area (TPSA) is 42.1 Å². The Morgan fingerprint density at radius 2 is 2.15 bits per heavy atom. The van der Waals surface area contributed by atoms with Crippen molar-refractivity contribution in [1.29, 1.82) is 0 Å². The maximum absolute atomic E-state index is 6.39. The molecule has 0 aliphatic carbocycles. The van der Waals surface area contributed by atoms with Crippen LogP contribution in [0.1, 0.15) is 37.1 Å². The maximum Gasteiger partial charge on any atom is 0.0705 e. The van der Waals surface area contributed by atoms with Crippen LogP contribution in [0.3, 0.4) is 0 Å². The molecule has 106 valence electrons. The van der Waals surface area contributed by atoms with Crippen molar-refractivity contribution in [1.82, 2.24) is 9.88 Å². The summed E-state index contributed by atoms with van der Waals surface area (Å²) in [4.78, 5) is 7.07. The number of piperidine rings is 1. The number of benzene rings is 1. The molecule has 1 aliphatic rings. The Morgan fingerprint density at radius 3 is 2.95 bits per heavy atom. The molecule has 0 bridgehead atoms. The van der Waals surface area contributed by atoms with Crippen molar-refractivity contribution in [2.75, 3.05) is 13.1 Å². The van der Waals surface area contributed by atoms with Crippen molar-refractivity contribution in [3.05, 3.63) is 41.6 Å². The molecule has 3 heteroatoms. The average molecular weight is 269 g/mol. The van der Waals surface area contributed by atoms with Crippen LogP contribution >= 0.6 is 0 Å². The fourth-order valence-electron chi connectivity index (χ4n) is 3.34. The first kappa shape index (κ1) is 13.5. The summed E-state index contributed by atoms with van der Waals surface area (Å²) in [6.07, 6.45) is 2.32. The standard InChI is InChI=1S/C17H23N3/c1-3-20-10-4-5-15(18)17(20)14-8-9-16-13(11-14)7-6-12(2)19-16/h6-9,11,15,17H,3-5,10,18H2,1-2H3. The summed E-state index contributed by atoms with van der Waals surface area (Å²) in [5.74, 6) is 0. The number of hydrogen-bond acceptors (Lipinski definition) is 3. The van der Waals surface area contributed by atoms with Crippen molar-refractivity contribution < 1.29 is 0 Å². The average Bonchev–Trinajstić information content (AvgIpc) is 2.46. The van der Waals surface area contributed by atoms with Gasteiger partial charge in [0.15, 0.2) is 0 Å². The molecular weight excluding hydrogens is 246 g/mol. The van der Waals surface area contributed by atoms with E-state index in [2.05, 4.69) is 47.1 Å². The number of likely N-dealkylation sites (tertiary alicyclic amines) is 1. The SMILES string of the molecule is CCN1CCCC(N)C1c1ccc2nc(C)ccc2c1. The minimum absolute atomic E-state index is 0.236. The van der Waals surface area contributed by atoms with Gasteiger partial charge in [0.05, 0.1) is 5.52 Å². The normalized spacial score (nSPS) is 24.1. The predicted molar refractivity (Wildman–Crippen MR) is 83.7 cm³/mol. The van der Waals surface area contributed by atoms with E-state index in [-0.39, 0.29) is 6.04 Å². The number of hydrogen-bond donors (Lipinski definition) is 1. The molecule has 20 heavy (non-hydrogen) atoms. The van der Waals surface area contributed by atoms with Gasteiger partial charge in [-0.05, 0) is 56.6 Å². The number of likely N-dealkylation sites (N-methyl/N-ethyl adjacent to an activating group) is 1. The summed E-state index contributed by atoms with van der Waals surface area (Å²) >= 11 is 0. The Kier molecular flexibility index (Phi) is 3.72. The van der Waals surface area contributed by atoms with E-state index in [1.807, 2.05) is 6.92 Å². The third-order valence-electron chi connectivity index (χ3n) is 4.38. The Labute approximate surface area is 120 Å². The van der Waals surface area contributed by atoms with Gasteiger partial charge in [0, 0.05) is 23.2 Å². The zero-order chi connectivity index (χ0) is 14.1. The van der Waals surface area contributed by atoms with E-state index in [9.17, 15) is 0 Å². The summed E-state index contributed by atoms with van der Waals surface area (Å²) in [6, 6.07) is 11.4. The molecule has 3 rings (SSSR count). The van der Waals surface area contributed by atoms with Gasteiger partial charge in [-0.15, -0.1) is 0 Å². The van der Waals surface area contributed by atoms with Crippen LogP contribution in [-0.2, 0) is 0 Å². The first-order chi connectivity index (χ1) is 9.69. The summed E-state index contributed by atoms with van der Waals surface area (Å²) < 4.78 is 0. The van der Waals surface area contributed by atoms with E-state index in [1.54, 1.807) is 0 Å².